The van der Waals surface area contributed by atoms with E-state index in [0.717, 1.165) is 6.42 Å². The van der Waals surface area contributed by atoms with Crippen molar-refractivity contribution in [2.45, 2.75) is 50.6 Å². The van der Waals surface area contributed by atoms with Crippen LogP contribution in [-0.4, -0.2) is 34.7 Å². The van der Waals surface area contributed by atoms with Crippen molar-refractivity contribution in [2.24, 2.45) is 5.92 Å². The Bertz CT molecular complexity index is 406. The highest BCUT2D eigenvalue weighted by Crippen LogP contribution is 2.33. The molecule has 0 spiro atoms. The van der Waals surface area contributed by atoms with Crippen LogP contribution in [0.1, 0.15) is 38.0 Å². The molecule has 3 rings (SSSR count). The number of rotatable bonds is 4. The predicted octanol–water partition coefficient (Wildman–Crippen LogP) is 0.649. The van der Waals surface area contributed by atoms with E-state index in [1.807, 2.05) is 0 Å². The van der Waals surface area contributed by atoms with Gasteiger partial charge in [-0.3, -0.25) is 4.79 Å². The number of carbonyl (C=O) groups is 1. The molecule has 0 radical (unpaired) electrons. The van der Waals surface area contributed by atoms with E-state index in [1.54, 1.807) is 0 Å². The summed E-state index contributed by atoms with van der Waals surface area (Å²) in [4.78, 5) is 16.0. The quantitative estimate of drug-likeness (QED) is 0.834. The molecule has 3 unspecified atom stereocenters. The number of amides is 1. The average molecular weight is 264 g/mol. The first-order valence-corrected chi connectivity index (χ1v) is 7.12. The summed E-state index contributed by atoms with van der Waals surface area (Å²) in [6.07, 6.45) is 8.04. The van der Waals surface area contributed by atoms with Crippen molar-refractivity contribution in [3.05, 3.63) is 12.2 Å². The lowest BCUT2D eigenvalue weighted by Gasteiger charge is -2.24. The van der Waals surface area contributed by atoms with Gasteiger partial charge in [0.25, 0.3) is 0 Å². The minimum Gasteiger partial charge on any atom is -0.354 e. The van der Waals surface area contributed by atoms with Crippen molar-refractivity contribution < 1.29 is 9.32 Å². The van der Waals surface area contributed by atoms with Crippen LogP contribution in [-0.2, 0) is 11.2 Å². The van der Waals surface area contributed by atoms with Crippen LogP contribution in [0.3, 0.4) is 0 Å². The van der Waals surface area contributed by atoms with Crippen molar-refractivity contribution in [2.75, 3.05) is 6.54 Å². The van der Waals surface area contributed by atoms with Gasteiger partial charge in [0.2, 0.25) is 11.8 Å². The molecule has 1 saturated heterocycles. The third-order valence-corrected chi connectivity index (χ3v) is 4.22. The van der Waals surface area contributed by atoms with Crippen molar-refractivity contribution in [3.8, 4) is 0 Å². The molecule has 2 heterocycles. The summed E-state index contributed by atoms with van der Waals surface area (Å²) >= 11 is 0. The molecule has 104 valence electrons. The Balaban J connectivity index is 1.43. The van der Waals surface area contributed by atoms with Gasteiger partial charge in [0, 0.05) is 19.0 Å². The summed E-state index contributed by atoms with van der Waals surface area (Å²) in [5, 5.41) is 9.95. The molecule has 1 aliphatic heterocycles. The molecule has 2 N–H and O–H groups in total. The van der Waals surface area contributed by atoms with E-state index < -0.39 is 0 Å². The van der Waals surface area contributed by atoms with Gasteiger partial charge in [-0.25, -0.2) is 0 Å². The molecule has 1 aromatic heterocycles. The van der Waals surface area contributed by atoms with Crippen LogP contribution >= 0.6 is 0 Å². The molecule has 6 nitrogen and oxygen atoms in total. The second kappa shape index (κ2) is 5.69. The lowest BCUT2D eigenvalue weighted by molar-refractivity contribution is -0.122. The fraction of sp³-hybridized carbons (Fsp3) is 0.769. The van der Waals surface area contributed by atoms with E-state index in [2.05, 4.69) is 20.8 Å². The van der Waals surface area contributed by atoms with E-state index in [0.29, 0.717) is 30.8 Å². The van der Waals surface area contributed by atoms with Crippen LogP contribution in [0.15, 0.2) is 10.9 Å². The summed E-state index contributed by atoms with van der Waals surface area (Å²) in [6.45, 7) is 0.550. The minimum atomic E-state index is -0.0178. The summed E-state index contributed by atoms with van der Waals surface area (Å²) in [7, 11) is 0. The summed E-state index contributed by atoms with van der Waals surface area (Å²) < 4.78 is 4.89. The molecular weight excluding hydrogens is 244 g/mol. The van der Waals surface area contributed by atoms with E-state index in [-0.39, 0.29) is 11.9 Å². The van der Waals surface area contributed by atoms with Crippen molar-refractivity contribution >= 4 is 5.91 Å². The monoisotopic (exact) mass is 264 g/mol. The van der Waals surface area contributed by atoms with Gasteiger partial charge in [0.1, 0.15) is 0 Å². The molecule has 0 bridgehead atoms. The molecule has 2 aliphatic rings. The van der Waals surface area contributed by atoms with E-state index in [1.165, 1.54) is 32.0 Å². The standard InChI is InChI=1S/C13H20N4O2/c18-13(14-6-5-12-15-8-16-19-12)11-7-9-3-1-2-4-10(9)17-11/h8-11,17H,1-7H2,(H,14,18). The zero-order chi connectivity index (χ0) is 13.1. The fourth-order valence-electron chi connectivity index (χ4n) is 3.24. The number of aromatic nitrogens is 2. The third kappa shape index (κ3) is 2.94. The second-order valence-corrected chi connectivity index (χ2v) is 5.48. The lowest BCUT2D eigenvalue weighted by Crippen LogP contribution is -2.43. The zero-order valence-electron chi connectivity index (χ0n) is 11.0. The first kappa shape index (κ1) is 12.6. The van der Waals surface area contributed by atoms with Crippen LogP contribution in [0, 0.1) is 5.92 Å². The Hall–Kier alpha value is -1.43. The van der Waals surface area contributed by atoms with Crippen LogP contribution in [0.4, 0.5) is 0 Å². The molecule has 1 amide bonds. The number of fused-ring (bicyclic) bond motifs is 1. The van der Waals surface area contributed by atoms with E-state index >= 15 is 0 Å². The van der Waals surface area contributed by atoms with Gasteiger partial charge in [-0.1, -0.05) is 18.0 Å². The molecule has 3 atom stereocenters. The largest absolute Gasteiger partial charge is 0.354 e. The van der Waals surface area contributed by atoms with Gasteiger partial charge in [-0.2, -0.15) is 4.98 Å². The van der Waals surface area contributed by atoms with Crippen LogP contribution in [0.5, 0.6) is 0 Å². The number of nitrogens with zero attached hydrogens (tertiary/aromatic N) is 2. The van der Waals surface area contributed by atoms with Gasteiger partial charge in [0.05, 0.1) is 6.04 Å². The molecule has 19 heavy (non-hydrogen) atoms. The van der Waals surface area contributed by atoms with Gasteiger partial charge in [-0.15, -0.1) is 0 Å². The Morgan fingerprint density at radius 3 is 3.16 bits per heavy atom. The highest BCUT2D eigenvalue weighted by molar-refractivity contribution is 5.82. The summed E-state index contributed by atoms with van der Waals surface area (Å²) in [5.41, 5.74) is 0. The van der Waals surface area contributed by atoms with Crippen LogP contribution in [0.25, 0.3) is 0 Å². The molecule has 1 saturated carbocycles. The normalized spacial score (nSPS) is 30.0. The van der Waals surface area contributed by atoms with Crippen molar-refractivity contribution in [1.82, 2.24) is 20.8 Å². The van der Waals surface area contributed by atoms with Crippen molar-refractivity contribution in [1.29, 1.82) is 0 Å². The molecule has 6 heteroatoms. The zero-order valence-corrected chi connectivity index (χ0v) is 11.0. The maximum absolute atomic E-state index is 12.1. The Morgan fingerprint density at radius 1 is 1.47 bits per heavy atom. The molecule has 0 aromatic carbocycles. The predicted molar refractivity (Wildman–Crippen MR) is 68.3 cm³/mol. The first-order chi connectivity index (χ1) is 9.33. The maximum atomic E-state index is 12.1. The van der Waals surface area contributed by atoms with Crippen LogP contribution in [0.2, 0.25) is 0 Å². The van der Waals surface area contributed by atoms with Gasteiger partial charge >= 0.3 is 0 Å². The topological polar surface area (TPSA) is 80.1 Å². The number of hydrogen-bond donors (Lipinski definition) is 2. The fourth-order valence-corrected chi connectivity index (χ4v) is 3.24. The number of hydrogen-bond acceptors (Lipinski definition) is 5. The number of nitrogens with one attached hydrogen (secondary N) is 2. The SMILES string of the molecule is O=C(NCCc1ncno1)C1CC2CCCCC2N1. The van der Waals surface area contributed by atoms with E-state index in [9.17, 15) is 4.79 Å². The van der Waals surface area contributed by atoms with E-state index in [4.69, 9.17) is 4.52 Å². The Labute approximate surface area is 112 Å². The first-order valence-electron chi connectivity index (χ1n) is 7.12. The maximum Gasteiger partial charge on any atom is 0.237 e. The molecule has 1 aliphatic carbocycles. The minimum absolute atomic E-state index is 0.0178. The number of carbonyl (C=O) groups excluding carboxylic acids is 1. The lowest BCUT2D eigenvalue weighted by atomic mass is 9.85. The summed E-state index contributed by atoms with van der Waals surface area (Å²) in [6, 6.07) is 0.538. The average Bonchev–Trinajstić information content (AvgIpc) is 3.07. The van der Waals surface area contributed by atoms with Gasteiger partial charge in [0.15, 0.2) is 6.33 Å². The van der Waals surface area contributed by atoms with Crippen molar-refractivity contribution in [3.63, 3.8) is 0 Å². The molecular formula is C13H20N4O2. The Morgan fingerprint density at radius 2 is 2.37 bits per heavy atom. The second-order valence-electron chi connectivity index (χ2n) is 5.48. The van der Waals surface area contributed by atoms with Gasteiger partial charge in [-0.05, 0) is 25.2 Å². The Kier molecular flexibility index (Phi) is 3.77. The molecule has 2 fully saturated rings. The summed E-state index contributed by atoms with van der Waals surface area (Å²) in [5.74, 6) is 1.36. The highest BCUT2D eigenvalue weighted by atomic mass is 16.5. The molecule has 1 aromatic rings. The third-order valence-electron chi connectivity index (χ3n) is 4.22. The smallest absolute Gasteiger partial charge is 0.237 e. The highest BCUT2D eigenvalue weighted by Gasteiger charge is 2.37. The van der Waals surface area contributed by atoms with Crippen LogP contribution < -0.4 is 10.6 Å². The van der Waals surface area contributed by atoms with Gasteiger partial charge < -0.3 is 15.2 Å².